The minimum atomic E-state index is 0.807. The van der Waals surface area contributed by atoms with Crippen LogP contribution < -0.4 is 19.3 Å². The van der Waals surface area contributed by atoms with Gasteiger partial charge in [-0.25, -0.2) is 0 Å². The van der Waals surface area contributed by atoms with E-state index in [4.69, 9.17) is 9.47 Å². The normalized spacial score (nSPS) is 11.1. The minimum Gasteiger partial charge on any atom is -0.497 e. The van der Waals surface area contributed by atoms with E-state index in [1.54, 1.807) is 14.2 Å². The molecule has 0 spiro atoms. The average Bonchev–Trinajstić information content (AvgIpc) is 3.93. The maximum absolute atomic E-state index is 5.54. The van der Waals surface area contributed by atoms with Gasteiger partial charge in [-0.05, 0) is 150 Å². The van der Waals surface area contributed by atoms with Crippen molar-refractivity contribution in [3.8, 4) is 17.2 Å². The van der Waals surface area contributed by atoms with Crippen molar-refractivity contribution in [1.29, 1.82) is 0 Å². The lowest BCUT2D eigenvalue weighted by Gasteiger charge is -2.26. The molecular weight excluding hydrogens is 725 g/mol. The molecule has 59 heavy (non-hydrogen) atoms. The van der Waals surface area contributed by atoms with Gasteiger partial charge in [0.25, 0.3) is 0 Å². The molecule has 0 unspecified atom stereocenters. The summed E-state index contributed by atoms with van der Waals surface area (Å²) in [5, 5.41) is 2.27. The number of ether oxygens (including phenoxy) is 2. The summed E-state index contributed by atoms with van der Waals surface area (Å²) in [4.78, 5) is 4.58. The van der Waals surface area contributed by atoms with Gasteiger partial charge < -0.3 is 28.4 Å². The topological polar surface area (TPSA) is 34.8 Å². The zero-order valence-corrected chi connectivity index (χ0v) is 33.2. The third kappa shape index (κ3) is 7.24. The zero-order chi connectivity index (χ0) is 40.3. The van der Waals surface area contributed by atoms with Gasteiger partial charge in [-0.1, -0.05) is 61.7 Å². The molecule has 6 heteroatoms. The first kappa shape index (κ1) is 36.9. The van der Waals surface area contributed by atoms with E-state index in [-0.39, 0.29) is 0 Å². The van der Waals surface area contributed by atoms with Crippen LogP contribution in [0.15, 0.2) is 195 Å². The van der Waals surface area contributed by atoms with E-state index in [1.807, 2.05) is 36.4 Å². The first-order valence-electron chi connectivity index (χ1n) is 19.7. The second-order valence-electron chi connectivity index (χ2n) is 14.4. The van der Waals surface area contributed by atoms with Crippen molar-refractivity contribution in [3.05, 3.63) is 212 Å². The Balaban J connectivity index is 1.25. The van der Waals surface area contributed by atoms with E-state index >= 15 is 0 Å². The highest BCUT2D eigenvalue weighted by atomic mass is 16.5. The molecule has 0 bridgehead atoms. The van der Waals surface area contributed by atoms with E-state index in [0.717, 1.165) is 90.8 Å². The van der Waals surface area contributed by atoms with Gasteiger partial charge >= 0.3 is 0 Å². The van der Waals surface area contributed by atoms with Gasteiger partial charge in [0.05, 0.1) is 25.3 Å². The molecule has 6 nitrogen and oxygen atoms in total. The highest BCUT2D eigenvalue weighted by molar-refractivity contribution is 6.12. The number of anilines is 6. The molecule has 2 aromatic heterocycles. The lowest BCUT2D eigenvalue weighted by molar-refractivity contribution is 0.414. The number of aromatic nitrogens is 2. The van der Waals surface area contributed by atoms with Crippen molar-refractivity contribution in [3.63, 3.8) is 0 Å². The smallest absolute Gasteiger partial charge is 0.119 e. The van der Waals surface area contributed by atoms with Crippen LogP contribution in [0.5, 0.6) is 11.5 Å². The maximum atomic E-state index is 5.54. The highest BCUT2D eigenvalue weighted by Gasteiger charge is 2.20. The van der Waals surface area contributed by atoms with Crippen LogP contribution in [0.25, 0.3) is 39.6 Å². The lowest BCUT2D eigenvalue weighted by Crippen LogP contribution is -2.10. The van der Waals surface area contributed by atoms with Crippen LogP contribution in [0.3, 0.4) is 0 Å². The zero-order valence-electron chi connectivity index (χ0n) is 33.2. The number of fused-ring (bicyclic) bond motifs is 3. The average molecular weight is 769 g/mol. The quantitative estimate of drug-likeness (QED) is 0.117. The summed E-state index contributed by atoms with van der Waals surface area (Å²) < 4.78 is 15.7. The molecule has 0 fully saturated rings. The van der Waals surface area contributed by atoms with Gasteiger partial charge in [0.2, 0.25) is 0 Å². The van der Waals surface area contributed by atoms with Crippen molar-refractivity contribution in [2.75, 3.05) is 24.0 Å². The molecule has 0 N–H and O–H groups in total. The molecule has 0 radical (unpaired) electrons. The molecule has 0 aliphatic rings. The van der Waals surface area contributed by atoms with E-state index in [1.165, 1.54) is 5.56 Å². The molecule has 0 amide bonds. The number of rotatable bonds is 13. The molecule has 0 aliphatic heterocycles. The van der Waals surface area contributed by atoms with Gasteiger partial charge in [-0.3, -0.25) is 0 Å². The number of benzene rings is 7. The predicted octanol–water partition coefficient (Wildman–Crippen LogP) is 13.9. The second-order valence-corrected chi connectivity index (χ2v) is 14.4. The van der Waals surface area contributed by atoms with Crippen LogP contribution >= 0.6 is 0 Å². The van der Waals surface area contributed by atoms with Crippen LogP contribution in [0.4, 0.5) is 34.1 Å². The van der Waals surface area contributed by atoms with Gasteiger partial charge in [0.1, 0.15) is 11.5 Å². The molecule has 0 aliphatic carbocycles. The molecule has 0 saturated heterocycles. The monoisotopic (exact) mass is 768 g/mol. The Kier molecular flexibility index (Phi) is 10.0. The van der Waals surface area contributed by atoms with E-state index < -0.39 is 0 Å². The Morgan fingerprint density at radius 3 is 1.25 bits per heavy atom. The van der Waals surface area contributed by atoms with Crippen molar-refractivity contribution < 1.29 is 9.47 Å². The van der Waals surface area contributed by atoms with Gasteiger partial charge in [-0.15, -0.1) is 0 Å². The fraction of sp³-hybridized carbons (Fsp3) is 0.0566. The van der Waals surface area contributed by atoms with Crippen LogP contribution in [0.1, 0.15) is 16.7 Å². The molecular formula is C53H44N4O2. The van der Waals surface area contributed by atoms with E-state index in [9.17, 15) is 0 Å². The Labute approximate surface area is 345 Å². The van der Waals surface area contributed by atoms with E-state index in [0.29, 0.717) is 0 Å². The fourth-order valence-electron chi connectivity index (χ4n) is 7.87. The van der Waals surface area contributed by atoms with Crippen LogP contribution in [0, 0.1) is 0 Å². The van der Waals surface area contributed by atoms with Gasteiger partial charge in [0.15, 0.2) is 0 Å². The molecule has 9 rings (SSSR count). The van der Waals surface area contributed by atoms with Crippen LogP contribution in [-0.4, -0.2) is 23.4 Å². The molecule has 288 valence electrons. The molecule has 0 saturated carbocycles. The Morgan fingerprint density at radius 2 is 0.864 bits per heavy atom. The molecule has 7 aromatic carbocycles. The first-order chi connectivity index (χ1) is 29.0. The number of nitrogens with zero attached hydrogens (tertiary/aromatic N) is 4. The maximum Gasteiger partial charge on any atom is 0.119 e. The fourth-order valence-corrected chi connectivity index (χ4v) is 7.87. The van der Waals surface area contributed by atoms with Crippen LogP contribution in [-0.2, 0) is 6.54 Å². The highest BCUT2D eigenvalue weighted by Crippen LogP contribution is 2.43. The van der Waals surface area contributed by atoms with Crippen LogP contribution in [0.2, 0.25) is 0 Å². The summed E-state index contributed by atoms with van der Waals surface area (Å²) in [5.74, 6) is 1.61. The third-order valence-electron chi connectivity index (χ3n) is 10.9. The van der Waals surface area contributed by atoms with Crippen molar-refractivity contribution in [1.82, 2.24) is 9.13 Å². The Morgan fingerprint density at radius 1 is 0.475 bits per heavy atom. The Bertz CT molecular complexity index is 2710. The second kappa shape index (κ2) is 16.0. The third-order valence-corrected chi connectivity index (χ3v) is 10.9. The largest absolute Gasteiger partial charge is 0.497 e. The number of hydrogen-bond acceptors (Lipinski definition) is 4. The minimum absolute atomic E-state index is 0.807. The SMILES string of the molecule is C=Cc1ccc(N(c2ccc(OC)cc2)c2ccc3c(c2)c2cc(N(c4ccc(C=C)cc4)c4ccc(OC)cc4)ccc2n3-c2ccc(Cn3cccc3)cc2)cc1. The van der Waals surface area contributed by atoms with Gasteiger partial charge in [0, 0.05) is 69.5 Å². The summed E-state index contributed by atoms with van der Waals surface area (Å²) in [6.07, 6.45) is 7.94. The number of hydrogen-bond donors (Lipinski definition) is 0. The summed E-state index contributed by atoms with van der Waals surface area (Å²) in [7, 11) is 3.39. The predicted molar refractivity (Wildman–Crippen MR) is 247 cm³/mol. The van der Waals surface area contributed by atoms with Crippen molar-refractivity contribution in [2.45, 2.75) is 6.54 Å². The molecule has 2 heterocycles. The van der Waals surface area contributed by atoms with E-state index in [2.05, 4.69) is 190 Å². The number of methoxy groups -OCH3 is 2. The van der Waals surface area contributed by atoms with Crippen molar-refractivity contribution in [2.24, 2.45) is 0 Å². The standard InChI is InChI=1S/C53H44N4O2/c1-5-38-9-15-41(16-10-38)55(43-21-27-48(58-3)28-22-43)46-25-31-52-50(35-46)51-36-47(56(42-17-11-39(6-2)12-18-42)44-23-29-49(59-4)30-24-44)26-32-53(51)57(52)45-19-13-40(14-20-45)37-54-33-7-8-34-54/h5-36H,1-2,37H2,3-4H3. The van der Waals surface area contributed by atoms with Gasteiger partial charge in [-0.2, -0.15) is 0 Å². The Hall–Kier alpha value is -7.70. The summed E-state index contributed by atoms with van der Waals surface area (Å²) in [5.41, 5.74) is 12.9. The lowest BCUT2D eigenvalue weighted by atomic mass is 10.1. The summed E-state index contributed by atoms with van der Waals surface area (Å²) >= 11 is 0. The molecule has 9 aromatic rings. The first-order valence-corrected chi connectivity index (χ1v) is 19.7. The molecule has 0 atom stereocenters. The summed E-state index contributed by atoms with van der Waals surface area (Å²) in [6.45, 7) is 8.78. The summed E-state index contributed by atoms with van der Waals surface area (Å²) in [6, 6.07) is 60.1. The van der Waals surface area contributed by atoms with Crippen molar-refractivity contribution >= 4 is 68.1 Å².